The quantitative estimate of drug-likeness (QED) is 0.572. The second-order valence-corrected chi connectivity index (χ2v) is 5.99. The fraction of sp³-hybridized carbons (Fsp3) is 0.588. The van der Waals surface area contributed by atoms with Crippen LogP contribution >= 0.6 is 0 Å². The predicted molar refractivity (Wildman–Crippen MR) is 89.5 cm³/mol. The van der Waals surface area contributed by atoms with E-state index in [1.54, 1.807) is 14.2 Å². The molecule has 1 aliphatic carbocycles. The van der Waals surface area contributed by atoms with E-state index < -0.39 is 0 Å². The fourth-order valence-electron chi connectivity index (χ4n) is 2.71. The Hall–Kier alpha value is -1.91. The minimum Gasteiger partial charge on any atom is -0.493 e. The zero-order chi connectivity index (χ0) is 16.0. The standard InChI is InChI=1S/C17H27N3O2/c1-4-7-17(8-9-17)12-20-16(18)19-11-13-5-6-14(21-2)15(10-13)22-3/h5-6,10H,4,7-9,11-12H2,1-3H3,(H3,18,19,20). The lowest BCUT2D eigenvalue weighted by atomic mass is 10.0. The summed E-state index contributed by atoms with van der Waals surface area (Å²) in [6.45, 7) is 3.69. The molecule has 3 N–H and O–H groups in total. The Balaban J connectivity index is 1.88. The van der Waals surface area contributed by atoms with Crippen molar-refractivity contribution in [3.63, 3.8) is 0 Å². The lowest BCUT2D eigenvalue weighted by Gasteiger charge is -2.15. The van der Waals surface area contributed by atoms with Crippen molar-refractivity contribution in [1.29, 1.82) is 0 Å². The first-order valence-corrected chi connectivity index (χ1v) is 7.87. The molecule has 122 valence electrons. The van der Waals surface area contributed by atoms with Crippen molar-refractivity contribution in [3.8, 4) is 11.5 Å². The van der Waals surface area contributed by atoms with Crippen molar-refractivity contribution in [2.75, 3.05) is 20.8 Å². The van der Waals surface area contributed by atoms with Gasteiger partial charge in [-0.05, 0) is 42.4 Å². The van der Waals surface area contributed by atoms with Crippen LogP contribution in [-0.4, -0.2) is 26.7 Å². The van der Waals surface area contributed by atoms with E-state index in [1.165, 1.54) is 25.7 Å². The van der Waals surface area contributed by atoms with Crippen LogP contribution in [0.3, 0.4) is 0 Å². The van der Waals surface area contributed by atoms with Gasteiger partial charge in [0.1, 0.15) is 0 Å². The van der Waals surface area contributed by atoms with Crippen LogP contribution in [0.1, 0.15) is 38.2 Å². The van der Waals surface area contributed by atoms with E-state index >= 15 is 0 Å². The Morgan fingerprint density at radius 2 is 2.00 bits per heavy atom. The summed E-state index contributed by atoms with van der Waals surface area (Å²) in [6, 6.07) is 5.78. The molecule has 0 unspecified atom stereocenters. The first kappa shape index (κ1) is 16.5. The van der Waals surface area contributed by atoms with Gasteiger partial charge in [0.2, 0.25) is 0 Å². The molecule has 1 saturated carbocycles. The summed E-state index contributed by atoms with van der Waals surface area (Å²) < 4.78 is 10.5. The summed E-state index contributed by atoms with van der Waals surface area (Å²) in [7, 11) is 3.26. The summed E-state index contributed by atoms with van der Waals surface area (Å²) in [5, 5.41) is 3.26. The first-order chi connectivity index (χ1) is 10.6. The summed E-state index contributed by atoms with van der Waals surface area (Å²) >= 11 is 0. The molecule has 2 rings (SSSR count). The third-order valence-electron chi connectivity index (χ3n) is 4.26. The molecule has 5 nitrogen and oxygen atoms in total. The maximum atomic E-state index is 5.96. The van der Waals surface area contributed by atoms with Crippen molar-refractivity contribution in [1.82, 2.24) is 5.32 Å². The minimum absolute atomic E-state index is 0.470. The second-order valence-electron chi connectivity index (χ2n) is 5.99. The monoisotopic (exact) mass is 305 g/mol. The van der Waals surface area contributed by atoms with E-state index in [0.29, 0.717) is 23.7 Å². The van der Waals surface area contributed by atoms with Gasteiger partial charge in [0.05, 0.1) is 20.8 Å². The average Bonchev–Trinajstić information content (AvgIpc) is 3.31. The number of rotatable bonds is 8. The summed E-state index contributed by atoms with van der Waals surface area (Å²) in [4.78, 5) is 4.40. The van der Waals surface area contributed by atoms with Gasteiger partial charge in [0, 0.05) is 6.54 Å². The zero-order valence-corrected chi connectivity index (χ0v) is 13.8. The van der Waals surface area contributed by atoms with Crippen molar-refractivity contribution in [2.24, 2.45) is 16.1 Å². The number of benzene rings is 1. The zero-order valence-electron chi connectivity index (χ0n) is 13.8. The van der Waals surface area contributed by atoms with E-state index in [4.69, 9.17) is 15.2 Å². The average molecular weight is 305 g/mol. The smallest absolute Gasteiger partial charge is 0.188 e. The van der Waals surface area contributed by atoms with Crippen LogP contribution in [0.4, 0.5) is 0 Å². The number of methoxy groups -OCH3 is 2. The molecule has 0 saturated heterocycles. The van der Waals surface area contributed by atoms with Crippen LogP contribution in [0.5, 0.6) is 11.5 Å². The third-order valence-corrected chi connectivity index (χ3v) is 4.26. The number of hydrogen-bond donors (Lipinski definition) is 2. The minimum atomic E-state index is 0.470. The number of nitrogens with zero attached hydrogens (tertiary/aromatic N) is 1. The molecular formula is C17H27N3O2. The van der Waals surface area contributed by atoms with Gasteiger partial charge in [-0.3, -0.25) is 0 Å². The molecule has 22 heavy (non-hydrogen) atoms. The van der Waals surface area contributed by atoms with Gasteiger partial charge in [0.25, 0.3) is 0 Å². The number of hydrogen-bond acceptors (Lipinski definition) is 3. The number of guanidine groups is 1. The number of ether oxygens (including phenoxy) is 2. The maximum Gasteiger partial charge on any atom is 0.188 e. The maximum absolute atomic E-state index is 5.96. The molecule has 0 amide bonds. The van der Waals surface area contributed by atoms with E-state index in [-0.39, 0.29) is 0 Å². The second kappa shape index (κ2) is 7.38. The van der Waals surface area contributed by atoms with Crippen molar-refractivity contribution < 1.29 is 9.47 Å². The Kier molecular flexibility index (Phi) is 5.52. The highest BCUT2D eigenvalue weighted by atomic mass is 16.5. The highest BCUT2D eigenvalue weighted by Crippen LogP contribution is 2.48. The highest BCUT2D eigenvalue weighted by Gasteiger charge is 2.41. The summed E-state index contributed by atoms with van der Waals surface area (Å²) in [5.41, 5.74) is 7.47. The Labute approximate surface area is 132 Å². The molecule has 0 radical (unpaired) electrons. The van der Waals surface area contributed by atoms with Gasteiger partial charge in [-0.2, -0.15) is 0 Å². The molecule has 1 aromatic rings. The largest absolute Gasteiger partial charge is 0.493 e. The van der Waals surface area contributed by atoms with Gasteiger partial charge in [-0.1, -0.05) is 19.4 Å². The number of nitrogens with two attached hydrogens (primary N) is 1. The number of nitrogens with one attached hydrogen (secondary N) is 1. The van der Waals surface area contributed by atoms with E-state index in [9.17, 15) is 0 Å². The molecule has 1 aromatic carbocycles. The molecule has 0 atom stereocenters. The SMILES string of the molecule is CCCC1(CNC(N)=NCc2ccc(OC)c(OC)c2)CC1. The number of aliphatic imine (C=N–C) groups is 1. The molecule has 1 aliphatic rings. The van der Waals surface area contributed by atoms with Crippen LogP contribution in [0, 0.1) is 5.41 Å². The lowest BCUT2D eigenvalue weighted by molar-refractivity contribution is 0.354. The van der Waals surface area contributed by atoms with Gasteiger partial charge in [-0.15, -0.1) is 0 Å². The topological polar surface area (TPSA) is 68.9 Å². The molecule has 5 heteroatoms. The fourth-order valence-corrected chi connectivity index (χ4v) is 2.71. The summed E-state index contributed by atoms with van der Waals surface area (Å²) in [5.74, 6) is 1.94. The van der Waals surface area contributed by atoms with E-state index in [1.807, 2.05) is 18.2 Å². The predicted octanol–water partition coefficient (Wildman–Crippen LogP) is 2.69. The lowest BCUT2D eigenvalue weighted by Crippen LogP contribution is -2.36. The van der Waals surface area contributed by atoms with E-state index in [2.05, 4.69) is 17.2 Å². The van der Waals surface area contributed by atoms with Crippen LogP contribution in [-0.2, 0) is 6.54 Å². The van der Waals surface area contributed by atoms with Crippen LogP contribution in [0.15, 0.2) is 23.2 Å². The van der Waals surface area contributed by atoms with Gasteiger partial charge in [-0.25, -0.2) is 4.99 Å². The van der Waals surface area contributed by atoms with Crippen molar-refractivity contribution >= 4 is 5.96 Å². The van der Waals surface area contributed by atoms with E-state index in [0.717, 1.165) is 17.9 Å². The van der Waals surface area contributed by atoms with Crippen molar-refractivity contribution in [3.05, 3.63) is 23.8 Å². The van der Waals surface area contributed by atoms with Gasteiger partial charge < -0.3 is 20.5 Å². The first-order valence-electron chi connectivity index (χ1n) is 7.87. The molecule has 0 aromatic heterocycles. The van der Waals surface area contributed by atoms with Crippen LogP contribution in [0.25, 0.3) is 0 Å². The molecule has 1 fully saturated rings. The summed E-state index contributed by atoms with van der Waals surface area (Å²) in [6.07, 6.45) is 5.10. The Bertz CT molecular complexity index is 525. The molecule has 0 spiro atoms. The molecular weight excluding hydrogens is 278 g/mol. The molecule has 0 bridgehead atoms. The highest BCUT2D eigenvalue weighted by molar-refractivity contribution is 5.77. The van der Waals surface area contributed by atoms with Gasteiger partial charge >= 0.3 is 0 Å². The van der Waals surface area contributed by atoms with Crippen molar-refractivity contribution in [2.45, 2.75) is 39.2 Å². The Morgan fingerprint density at radius 3 is 2.59 bits per heavy atom. The van der Waals surface area contributed by atoms with Gasteiger partial charge in [0.15, 0.2) is 17.5 Å². The Morgan fingerprint density at radius 1 is 1.27 bits per heavy atom. The normalized spacial score (nSPS) is 16.2. The molecule has 0 aliphatic heterocycles. The molecule has 0 heterocycles. The van der Waals surface area contributed by atoms with Crippen LogP contribution in [0.2, 0.25) is 0 Å². The third kappa shape index (κ3) is 4.29. The van der Waals surface area contributed by atoms with Crippen LogP contribution < -0.4 is 20.5 Å².